The van der Waals surface area contributed by atoms with Crippen LogP contribution in [-0.4, -0.2) is 10.2 Å². The van der Waals surface area contributed by atoms with Crippen LogP contribution in [0.15, 0.2) is 12.1 Å². The zero-order chi connectivity index (χ0) is 7.72. The Hall–Kier alpha value is -0.563. The number of aryl methyl sites for hydroxylation is 1. The van der Waals surface area contributed by atoms with Crippen molar-refractivity contribution in [3.05, 3.63) is 28.8 Å². The van der Waals surface area contributed by atoms with Crippen LogP contribution in [0.5, 0.6) is 0 Å². The molecule has 0 nitrogen and oxygen atoms in total. The van der Waals surface area contributed by atoms with Crippen molar-refractivity contribution in [1.29, 1.82) is 0 Å². The predicted molar refractivity (Wildman–Crippen MR) is 46.0 cm³/mol. The van der Waals surface area contributed by atoms with E-state index < -0.39 is 0 Å². The van der Waals surface area contributed by atoms with Crippen LogP contribution >= 0.6 is 0 Å². The highest BCUT2D eigenvalue weighted by molar-refractivity contribution is 6.33. The summed E-state index contributed by atoms with van der Waals surface area (Å²) in [6.45, 7) is 6.41. The first kappa shape index (κ1) is 7.54. The molecule has 0 saturated carbocycles. The first-order valence-corrected chi connectivity index (χ1v) is 3.91. The van der Waals surface area contributed by atoms with Crippen LogP contribution in [0, 0.1) is 20.8 Å². The molecule has 0 N–H and O–H groups in total. The maximum absolute atomic E-state index is 3.53. The third kappa shape index (κ3) is 1.14. The van der Waals surface area contributed by atoms with Crippen LogP contribution in [0.25, 0.3) is 0 Å². The van der Waals surface area contributed by atoms with Crippen LogP contribution in [0.3, 0.4) is 0 Å². The van der Waals surface area contributed by atoms with Crippen LogP contribution in [0.2, 0.25) is 0 Å². The van der Waals surface area contributed by atoms with E-state index in [1.807, 2.05) is 0 Å². The Balaban J connectivity index is 3.34. The lowest BCUT2D eigenvalue weighted by atomic mass is 10.1. The molecule has 0 aliphatic heterocycles. The minimum Gasteiger partial charge on any atom is -0.0642 e. The summed E-state index contributed by atoms with van der Waals surface area (Å²) in [5.74, 6) is 0. The van der Waals surface area contributed by atoms with Crippen LogP contribution in [-0.2, 0) is 0 Å². The first-order chi connectivity index (χ1) is 4.63. The van der Waals surface area contributed by atoms with E-state index in [-0.39, 0.29) is 0 Å². The normalized spacial score (nSPS) is 10.0. The van der Waals surface area contributed by atoms with Gasteiger partial charge < -0.3 is 0 Å². The molecule has 1 heteroatoms. The molecule has 0 atom stereocenters. The summed E-state index contributed by atoms with van der Waals surface area (Å²) in [6.07, 6.45) is 0. The van der Waals surface area contributed by atoms with E-state index in [4.69, 9.17) is 0 Å². The maximum atomic E-state index is 3.53. The molecule has 0 spiro atoms. The molecule has 1 aromatic rings. The van der Waals surface area contributed by atoms with Crippen LogP contribution in [0.4, 0.5) is 0 Å². The van der Waals surface area contributed by atoms with E-state index in [2.05, 4.69) is 43.1 Å². The maximum Gasteiger partial charge on any atom is 0.0715 e. The summed E-state index contributed by atoms with van der Waals surface area (Å²) in [5.41, 5.74) is 4.09. The lowest BCUT2D eigenvalue weighted by Gasteiger charge is -2.06. The van der Waals surface area contributed by atoms with E-state index in [1.54, 1.807) is 0 Å². The average molecular weight is 147 g/mol. The highest BCUT2D eigenvalue weighted by atomic mass is 28.1. The third-order valence-electron chi connectivity index (χ3n) is 2.06. The van der Waals surface area contributed by atoms with Gasteiger partial charge in [0.1, 0.15) is 0 Å². The molecule has 51 valence electrons. The van der Waals surface area contributed by atoms with Crippen molar-refractivity contribution >= 4 is 15.4 Å². The van der Waals surface area contributed by atoms with Gasteiger partial charge in [-0.15, -0.1) is 0 Å². The zero-order valence-electron chi connectivity index (χ0n) is 6.65. The molecule has 0 fully saturated rings. The van der Waals surface area contributed by atoms with Gasteiger partial charge in [0.2, 0.25) is 0 Å². The van der Waals surface area contributed by atoms with Crippen molar-refractivity contribution in [1.82, 2.24) is 0 Å². The molecular weight excluding hydrogens is 136 g/mol. The first-order valence-electron chi connectivity index (χ1n) is 3.41. The van der Waals surface area contributed by atoms with E-state index in [9.17, 15) is 0 Å². The standard InChI is InChI=1S/C9H11Si/c1-6-4-5-9(10)8(3)7(6)2/h4-5H,1-3H3. The second-order valence-corrected chi connectivity index (χ2v) is 3.22. The molecule has 10 heavy (non-hydrogen) atoms. The van der Waals surface area contributed by atoms with Crippen molar-refractivity contribution < 1.29 is 0 Å². The Morgan fingerprint density at radius 2 is 1.60 bits per heavy atom. The second-order valence-electron chi connectivity index (χ2n) is 2.68. The summed E-state index contributed by atoms with van der Waals surface area (Å²) >= 11 is 0. The zero-order valence-corrected chi connectivity index (χ0v) is 7.65. The third-order valence-corrected chi connectivity index (χ3v) is 2.60. The van der Waals surface area contributed by atoms with Gasteiger partial charge in [-0.1, -0.05) is 17.3 Å². The van der Waals surface area contributed by atoms with E-state index in [1.165, 1.54) is 21.9 Å². The van der Waals surface area contributed by atoms with Gasteiger partial charge in [-0.25, -0.2) is 0 Å². The van der Waals surface area contributed by atoms with Crippen LogP contribution in [0.1, 0.15) is 16.7 Å². The van der Waals surface area contributed by atoms with Crippen molar-refractivity contribution in [2.75, 3.05) is 0 Å². The van der Waals surface area contributed by atoms with Gasteiger partial charge in [0.05, 0.1) is 10.2 Å². The van der Waals surface area contributed by atoms with E-state index >= 15 is 0 Å². The molecule has 0 aliphatic carbocycles. The van der Waals surface area contributed by atoms with Crippen molar-refractivity contribution in [3.63, 3.8) is 0 Å². The SMILES string of the molecule is Cc1ccc([Si])c(C)c1C. The molecule has 0 amide bonds. The summed E-state index contributed by atoms with van der Waals surface area (Å²) in [5, 5.41) is 1.20. The van der Waals surface area contributed by atoms with Gasteiger partial charge in [-0.05, 0) is 37.5 Å². The molecule has 1 rings (SSSR count). The second kappa shape index (κ2) is 2.58. The smallest absolute Gasteiger partial charge is 0.0642 e. The summed E-state index contributed by atoms with van der Waals surface area (Å²) in [4.78, 5) is 0. The molecule has 0 aromatic heterocycles. The largest absolute Gasteiger partial charge is 0.0715 e. The van der Waals surface area contributed by atoms with E-state index in [0.29, 0.717) is 0 Å². The molecule has 1 aromatic carbocycles. The monoisotopic (exact) mass is 147 g/mol. The van der Waals surface area contributed by atoms with Crippen molar-refractivity contribution in [3.8, 4) is 0 Å². The molecule has 0 unspecified atom stereocenters. The van der Waals surface area contributed by atoms with Crippen LogP contribution < -0.4 is 5.19 Å². The van der Waals surface area contributed by atoms with Crippen molar-refractivity contribution in [2.24, 2.45) is 0 Å². The number of benzene rings is 1. The molecule has 0 bridgehead atoms. The Bertz CT molecular complexity index is 224. The Morgan fingerprint density at radius 3 is 2.10 bits per heavy atom. The number of hydrogen-bond donors (Lipinski definition) is 0. The highest BCUT2D eigenvalue weighted by Gasteiger charge is 1.97. The van der Waals surface area contributed by atoms with Gasteiger partial charge in [0.15, 0.2) is 0 Å². The summed E-state index contributed by atoms with van der Waals surface area (Å²) < 4.78 is 0. The molecule has 3 radical (unpaired) electrons. The van der Waals surface area contributed by atoms with Gasteiger partial charge >= 0.3 is 0 Å². The predicted octanol–water partition coefficient (Wildman–Crippen LogP) is 1.41. The van der Waals surface area contributed by atoms with Gasteiger partial charge in [0, 0.05) is 0 Å². The summed E-state index contributed by atoms with van der Waals surface area (Å²) in [6, 6.07) is 4.22. The number of rotatable bonds is 0. The van der Waals surface area contributed by atoms with Gasteiger partial charge in [-0.3, -0.25) is 0 Å². The Kier molecular flexibility index (Phi) is 1.95. The lowest BCUT2D eigenvalue weighted by molar-refractivity contribution is 1.28. The summed E-state index contributed by atoms with van der Waals surface area (Å²) in [7, 11) is 3.53. The fourth-order valence-corrected chi connectivity index (χ4v) is 1.23. The quantitative estimate of drug-likeness (QED) is 0.487. The minimum atomic E-state index is 1.20. The van der Waals surface area contributed by atoms with Gasteiger partial charge in [-0.2, -0.15) is 0 Å². The fraction of sp³-hybridized carbons (Fsp3) is 0.333. The van der Waals surface area contributed by atoms with Gasteiger partial charge in [0.25, 0.3) is 0 Å². The molecular formula is C9H11Si. The minimum absolute atomic E-state index is 1.20. The Labute approximate surface area is 65.7 Å². The van der Waals surface area contributed by atoms with E-state index in [0.717, 1.165) is 0 Å². The number of hydrogen-bond acceptors (Lipinski definition) is 0. The average Bonchev–Trinajstić information content (AvgIpc) is 1.93. The molecule has 0 saturated heterocycles. The fourth-order valence-electron chi connectivity index (χ4n) is 0.956. The topological polar surface area (TPSA) is 0 Å². The molecule has 0 aliphatic rings. The molecule has 0 heterocycles. The Morgan fingerprint density at radius 1 is 1.00 bits per heavy atom. The lowest BCUT2D eigenvalue weighted by Crippen LogP contribution is -2.08. The highest BCUT2D eigenvalue weighted by Crippen LogP contribution is 2.07. The van der Waals surface area contributed by atoms with Crippen molar-refractivity contribution in [2.45, 2.75) is 20.8 Å².